The van der Waals surface area contributed by atoms with Gasteiger partial charge in [-0.15, -0.1) is 0 Å². The van der Waals surface area contributed by atoms with Crippen molar-refractivity contribution in [1.29, 1.82) is 0 Å². The topological polar surface area (TPSA) is 181 Å². The Bertz CT molecular complexity index is 787. The van der Waals surface area contributed by atoms with Gasteiger partial charge >= 0.3 is 0 Å². The molecule has 0 amide bonds. The molecule has 29 heavy (non-hydrogen) atoms. The van der Waals surface area contributed by atoms with Crippen molar-refractivity contribution in [2.75, 3.05) is 38.2 Å². The molecule has 2 rings (SSSR count). The van der Waals surface area contributed by atoms with E-state index in [-0.39, 0.29) is 41.2 Å². The molecular weight excluding hydrogens is 449 g/mol. The molecule has 1 heterocycles. The van der Waals surface area contributed by atoms with E-state index in [0.717, 1.165) is 12.1 Å². The molecule has 0 aliphatic heterocycles. The number of benzene rings is 1. The quantitative estimate of drug-likeness (QED) is 0.278. The van der Waals surface area contributed by atoms with Crippen LogP contribution in [0.4, 0.5) is 11.6 Å². The number of aliphatic hydroxyl groups excluding tert-OH is 3. The van der Waals surface area contributed by atoms with Gasteiger partial charge in [-0.2, -0.15) is 15.0 Å². The van der Waals surface area contributed by atoms with Crippen LogP contribution in [0.5, 0.6) is 0 Å². The Morgan fingerprint density at radius 3 is 1.79 bits per heavy atom. The summed E-state index contributed by atoms with van der Waals surface area (Å²) in [6.07, 6.45) is 0. The van der Waals surface area contributed by atoms with Crippen LogP contribution < -0.4 is 10.6 Å². The molecule has 14 heteroatoms. The summed E-state index contributed by atoms with van der Waals surface area (Å²) in [5, 5.41) is 29.2. The highest BCUT2D eigenvalue weighted by Crippen LogP contribution is 2.18. The predicted octanol–water partition coefficient (Wildman–Crippen LogP) is 0.385. The Kier molecular flexibility index (Phi) is 14.4. The van der Waals surface area contributed by atoms with Crippen LogP contribution in [0.2, 0.25) is 10.6 Å². The van der Waals surface area contributed by atoms with Gasteiger partial charge in [0, 0.05) is 25.4 Å². The zero-order valence-electron chi connectivity index (χ0n) is 15.4. The molecular formula is C15H22Cl2N5O6S-. The molecule has 1 aromatic heterocycles. The number of aromatic nitrogens is 3. The van der Waals surface area contributed by atoms with Gasteiger partial charge in [-0.25, -0.2) is 8.42 Å². The lowest BCUT2D eigenvalue weighted by Crippen LogP contribution is -2.21. The van der Waals surface area contributed by atoms with Crippen LogP contribution in [-0.4, -0.2) is 76.2 Å². The molecule has 0 unspecified atom stereocenters. The van der Waals surface area contributed by atoms with E-state index in [1.54, 1.807) is 6.92 Å². The van der Waals surface area contributed by atoms with Crippen molar-refractivity contribution in [2.24, 2.45) is 0 Å². The van der Waals surface area contributed by atoms with E-state index in [4.69, 9.17) is 38.5 Å². The van der Waals surface area contributed by atoms with E-state index >= 15 is 0 Å². The van der Waals surface area contributed by atoms with Crippen molar-refractivity contribution in [3.8, 4) is 0 Å². The SMILES string of the molecule is CCO.O=S(=O)([O-])c1ccc(Nc2nc(Cl)nc(Cl)n2)cc1.OCCNCCO. The summed E-state index contributed by atoms with van der Waals surface area (Å²) >= 11 is 11.2. The van der Waals surface area contributed by atoms with Crippen molar-refractivity contribution in [3.63, 3.8) is 0 Å². The molecule has 0 radical (unpaired) electrons. The molecule has 0 saturated carbocycles. The summed E-state index contributed by atoms with van der Waals surface area (Å²) in [4.78, 5) is 10.8. The van der Waals surface area contributed by atoms with Gasteiger partial charge in [0.1, 0.15) is 10.1 Å². The predicted molar refractivity (Wildman–Crippen MR) is 107 cm³/mol. The van der Waals surface area contributed by atoms with Gasteiger partial charge < -0.3 is 30.5 Å². The standard InChI is InChI=1S/C9H6Cl2N4O3S.C4H11NO2.C2H6O/c10-7-13-8(11)15-9(14-7)12-5-1-3-6(4-2-5)19(16,17)18;6-3-1-5-2-4-7;1-2-3/h1-4H,(H,16,17,18)(H,12,13,14,15);5-7H,1-4H2;3H,2H2,1H3/p-1. The molecule has 11 nitrogen and oxygen atoms in total. The number of hydrogen-bond donors (Lipinski definition) is 5. The maximum Gasteiger partial charge on any atom is 0.232 e. The highest BCUT2D eigenvalue weighted by molar-refractivity contribution is 7.85. The average Bonchev–Trinajstić information content (AvgIpc) is 2.62. The van der Waals surface area contributed by atoms with Crippen LogP contribution in [0.25, 0.3) is 0 Å². The van der Waals surface area contributed by atoms with Gasteiger partial charge in [-0.05, 0) is 54.4 Å². The van der Waals surface area contributed by atoms with Crippen molar-refractivity contribution < 1.29 is 28.3 Å². The first kappa shape index (κ1) is 27.4. The molecule has 0 bridgehead atoms. The summed E-state index contributed by atoms with van der Waals surface area (Å²) < 4.78 is 32.2. The van der Waals surface area contributed by atoms with Crippen LogP contribution in [-0.2, 0) is 10.1 Å². The first-order chi connectivity index (χ1) is 13.7. The summed E-state index contributed by atoms with van der Waals surface area (Å²) in [5.41, 5.74) is 0.464. The number of nitrogens with zero attached hydrogens (tertiary/aromatic N) is 3. The molecule has 2 aromatic rings. The van der Waals surface area contributed by atoms with E-state index in [0.29, 0.717) is 18.8 Å². The lowest BCUT2D eigenvalue weighted by atomic mass is 10.3. The van der Waals surface area contributed by atoms with Crippen molar-refractivity contribution in [3.05, 3.63) is 34.8 Å². The van der Waals surface area contributed by atoms with Gasteiger partial charge in [0.25, 0.3) is 0 Å². The number of halogens is 2. The minimum atomic E-state index is -4.47. The smallest absolute Gasteiger partial charge is 0.232 e. The third kappa shape index (κ3) is 13.2. The number of hydrogen-bond acceptors (Lipinski definition) is 11. The zero-order valence-corrected chi connectivity index (χ0v) is 17.7. The fourth-order valence-electron chi connectivity index (χ4n) is 1.50. The number of aliphatic hydroxyl groups is 3. The lowest BCUT2D eigenvalue weighted by Gasteiger charge is -2.08. The van der Waals surface area contributed by atoms with E-state index < -0.39 is 10.1 Å². The Hall–Kier alpha value is -1.64. The summed E-state index contributed by atoms with van der Waals surface area (Å²) in [6, 6.07) is 5.09. The third-order valence-electron chi connectivity index (χ3n) is 2.56. The molecule has 5 N–H and O–H groups in total. The minimum Gasteiger partial charge on any atom is -0.744 e. The van der Waals surface area contributed by atoms with Crippen molar-refractivity contribution in [1.82, 2.24) is 20.3 Å². The highest BCUT2D eigenvalue weighted by atomic mass is 35.5. The number of anilines is 2. The average molecular weight is 471 g/mol. The Morgan fingerprint density at radius 2 is 1.41 bits per heavy atom. The molecule has 0 fully saturated rings. The second-order valence-corrected chi connectivity index (χ2v) is 6.87. The Balaban J connectivity index is 0.000000658. The van der Waals surface area contributed by atoms with Gasteiger partial charge in [-0.3, -0.25) is 0 Å². The Morgan fingerprint density at radius 1 is 0.966 bits per heavy atom. The van der Waals surface area contributed by atoms with Gasteiger partial charge in [0.15, 0.2) is 0 Å². The van der Waals surface area contributed by atoms with E-state index in [2.05, 4.69) is 25.6 Å². The molecule has 0 saturated heterocycles. The van der Waals surface area contributed by atoms with Gasteiger partial charge in [0.2, 0.25) is 16.5 Å². The summed E-state index contributed by atoms with van der Waals surface area (Å²) in [5.74, 6) is 0.0998. The maximum absolute atomic E-state index is 10.7. The van der Waals surface area contributed by atoms with Gasteiger partial charge in [0.05, 0.1) is 18.1 Å². The van der Waals surface area contributed by atoms with Crippen LogP contribution in [0, 0.1) is 0 Å². The second kappa shape index (κ2) is 15.2. The van der Waals surface area contributed by atoms with Crippen molar-refractivity contribution >= 4 is 45.0 Å². The van der Waals surface area contributed by atoms with E-state index in [1.807, 2.05) is 0 Å². The van der Waals surface area contributed by atoms with Crippen molar-refractivity contribution in [2.45, 2.75) is 11.8 Å². The third-order valence-corrected chi connectivity index (χ3v) is 3.74. The Labute approximate surface area is 178 Å². The van der Waals surface area contributed by atoms with Crippen LogP contribution >= 0.6 is 23.2 Å². The zero-order chi connectivity index (χ0) is 22.3. The maximum atomic E-state index is 10.7. The van der Waals surface area contributed by atoms with E-state index in [9.17, 15) is 13.0 Å². The molecule has 0 spiro atoms. The number of nitrogens with one attached hydrogen (secondary N) is 2. The summed E-state index contributed by atoms with van der Waals surface area (Å²) in [6.45, 7) is 3.35. The molecule has 0 aliphatic carbocycles. The van der Waals surface area contributed by atoms with Crippen LogP contribution in [0.3, 0.4) is 0 Å². The first-order valence-corrected chi connectivity index (χ1v) is 10.3. The second-order valence-electron chi connectivity index (χ2n) is 4.81. The lowest BCUT2D eigenvalue weighted by molar-refractivity contribution is 0.266. The first-order valence-electron chi connectivity index (χ1n) is 8.11. The normalized spacial score (nSPS) is 10.3. The van der Waals surface area contributed by atoms with E-state index in [1.165, 1.54) is 12.1 Å². The largest absolute Gasteiger partial charge is 0.744 e. The van der Waals surface area contributed by atoms with Crippen LogP contribution in [0.1, 0.15) is 6.92 Å². The molecule has 0 aliphatic rings. The fourth-order valence-corrected chi connectivity index (χ4v) is 2.33. The highest BCUT2D eigenvalue weighted by Gasteiger charge is 2.05. The molecule has 1 aromatic carbocycles. The fraction of sp³-hybridized carbons (Fsp3) is 0.400. The molecule has 164 valence electrons. The van der Waals surface area contributed by atoms with Gasteiger partial charge in [-0.1, -0.05) is 0 Å². The monoisotopic (exact) mass is 470 g/mol. The van der Waals surface area contributed by atoms with Crippen LogP contribution in [0.15, 0.2) is 29.2 Å². The number of rotatable bonds is 7. The summed E-state index contributed by atoms with van der Waals surface area (Å²) in [7, 11) is -4.47. The molecule has 0 atom stereocenters. The minimum absolute atomic E-state index is 0.0822.